The molecule has 0 aliphatic carbocycles. The molecule has 0 saturated carbocycles. The van der Waals surface area contributed by atoms with Gasteiger partial charge in [0.15, 0.2) is 0 Å². The number of non-ortho nitro benzene ring substituents is 1. The Morgan fingerprint density at radius 2 is 2.17 bits per heavy atom. The van der Waals surface area contributed by atoms with Crippen molar-refractivity contribution in [2.75, 3.05) is 38.7 Å². The summed E-state index contributed by atoms with van der Waals surface area (Å²) in [6.07, 6.45) is 0. The van der Waals surface area contributed by atoms with E-state index in [-0.39, 0.29) is 5.69 Å². The molecule has 1 N–H and O–H groups in total. The maximum atomic E-state index is 10.9. The van der Waals surface area contributed by atoms with Crippen LogP contribution in [0.15, 0.2) is 18.2 Å². The lowest BCUT2D eigenvalue weighted by Gasteiger charge is -2.19. The molecular weight excluding hydrogens is 234 g/mol. The molecule has 0 aliphatic rings. The van der Waals surface area contributed by atoms with Gasteiger partial charge in [-0.05, 0) is 14.0 Å². The molecule has 0 spiro atoms. The van der Waals surface area contributed by atoms with Crippen molar-refractivity contribution < 1.29 is 9.66 Å². The summed E-state index contributed by atoms with van der Waals surface area (Å²) in [5.74, 6) is 0.526. The van der Waals surface area contributed by atoms with Gasteiger partial charge in [-0.1, -0.05) is 0 Å². The third-order valence-corrected chi connectivity index (χ3v) is 2.54. The molecule has 0 unspecified atom stereocenters. The van der Waals surface area contributed by atoms with Gasteiger partial charge in [0.2, 0.25) is 0 Å². The maximum Gasteiger partial charge on any atom is 0.275 e. The van der Waals surface area contributed by atoms with Crippen molar-refractivity contribution in [1.82, 2.24) is 5.32 Å². The Bertz CT molecular complexity index is 410. The second-order valence-electron chi connectivity index (χ2n) is 3.90. The molecule has 0 saturated heterocycles. The summed E-state index contributed by atoms with van der Waals surface area (Å²) in [6.45, 7) is 3.91. The summed E-state index contributed by atoms with van der Waals surface area (Å²) >= 11 is 0. The minimum atomic E-state index is -0.405. The van der Waals surface area contributed by atoms with E-state index in [2.05, 4.69) is 5.32 Å². The fraction of sp³-hybridized carbons (Fsp3) is 0.500. The lowest BCUT2D eigenvalue weighted by molar-refractivity contribution is -0.384. The highest BCUT2D eigenvalue weighted by atomic mass is 16.6. The van der Waals surface area contributed by atoms with Gasteiger partial charge in [-0.3, -0.25) is 10.1 Å². The number of nitrogens with zero attached hydrogens (tertiary/aromatic N) is 2. The number of ether oxygens (including phenoxy) is 1. The first-order chi connectivity index (χ1) is 8.58. The van der Waals surface area contributed by atoms with Gasteiger partial charge in [0.05, 0.1) is 17.6 Å². The summed E-state index contributed by atoms with van der Waals surface area (Å²) in [5, 5.41) is 13.9. The zero-order valence-corrected chi connectivity index (χ0v) is 11.0. The third-order valence-electron chi connectivity index (χ3n) is 2.54. The van der Waals surface area contributed by atoms with E-state index in [0.717, 1.165) is 18.8 Å². The standard InChI is InChI=1S/C12H19N3O3/c1-4-18-12-8-10(14(3)6-5-13-2)7-11(9-12)15(16)17/h7-9,13H,4-6H2,1-3H3. The van der Waals surface area contributed by atoms with Crippen LogP contribution in [0, 0.1) is 10.1 Å². The Labute approximate surface area is 107 Å². The van der Waals surface area contributed by atoms with Gasteiger partial charge in [0, 0.05) is 38.0 Å². The number of anilines is 1. The predicted octanol–water partition coefficient (Wildman–Crippen LogP) is 1.65. The highest BCUT2D eigenvalue weighted by molar-refractivity contribution is 5.57. The van der Waals surface area contributed by atoms with E-state index in [1.807, 2.05) is 32.0 Å². The van der Waals surface area contributed by atoms with Crippen LogP contribution in [0.1, 0.15) is 6.92 Å². The average Bonchev–Trinajstić information content (AvgIpc) is 2.35. The molecule has 0 aromatic heterocycles. The summed E-state index contributed by atoms with van der Waals surface area (Å²) in [7, 11) is 3.76. The molecule has 6 heteroatoms. The van der Waals surface area contributed by atoms with Crippen LogP contribution in [-0.4, -0.2) is 38.7 Å². The average molecular weight is 253 g/mol. The van der Waals surface area contributed by atoms with Crippen LogP contribution < -0.4 is 15.0 Å². The van der Waals surface area contributed by atoms with Gasteiger partial charge in [-0.2, -0.15) is 0 Å². The fourth-order valence-electron chi connectivity index (χ4n) is 1.55. The first-order valence-electron chi connectivity index (χ1n) is 5.86. The summed E-state index contributed by atoms with van der Waals surface area (Å²) in [5.41, 5.74) is 0.829. The summed E-state index contributed by atoms with van der Waals surface area (Å²) in [4.78, 5) is 12.4. The van der Waals surface area contributed by atoms with Crippen molar-refractivity contribution in [3.63, 3.8) is 0 Å². The zero-order chi connectivity index (χ0) is 13.5. The van der Waals surface area contributed by atoms with Gasteiger partial charge in [0.1, 0.15) is 5.75 Å². The summed E-state index contributed by atoms with van der Waals surface area (Å²) in [6, 6.07) is 4.81. The number of hydrogen-bond acceptors (Lipinski definition) is 5. The molecule has 1 aromatic carbocycles. The Kier molecular flexibility index (Phi) is 5.38. The molecule has 0 radical (unpaired) electrons. The molecular formula is C12H19N3O3. The van der Waals surface area contributed by atoms with Gasteiger partial charge >= 0.3 is 0 Å². The second-order valence-corrected chi connectivity index (χ2v) is 3.90. The van der Waals surface area contributed by atoms with Gasteiger partial charge in [-0.15, -0.1) is 0 Å². The lowest BCUT2D eigenvalue weighted by Crippen LogP contribution is -2.27. The van der Waals surface area contributed by atoms with Crippen LogP contribution in [0.2, 0.25) is 0 Å². The molecule has 0 atom stereocenters. The number of nitrogens with one attached hydrogen (secondary N) is 1. The smallest absolute Gasteiger partial charge is 0.275 e. The number of nitro groups is 1. The molecule has 6 nitrogen and oxygen atoms in total. The Hall–Kier alpha value is -1.82. The first kappa shape index (κ1) is 14.2. The quantitative estimate of drug-likeness (QED) is 0.591. The lowest BCUT2D eigenvalue weighted by atomic mass is 10.2. The molecule has 1 aromatic rings. The van der Waals surface area contributed by atoms with Crippen molar-refractivity contribution in [2.45, 2.75) is 6.92 Å². The Balaban J connectivity index is 2.98. The van der Waals surface area contributed by atoms with Crippen LogP contribution in [0.5, 0.6) is 5.75 Å². The van der Waals surface area contributed by atoms with Crippen LogP contribution >= 0.6 is 0 Å². The van der Waals surface area contributed by atoms with Crippen LogP contribution in [0.25, 0.3) is 0 Å². The Morgan fingerprint density at radius 1 is 1.44 bits per heavy atom. The largest absolute Gasteiger partial charge is 0.494 e. The molecule has 0 aliphatic heterocycles. The minimum Gasteiger partial charge on any atom is -0.494 e. The van der Waals surface area contributed by atoms with E-state index >= 15 is 0 Å². The van der Waals surface area contributed by atoms with Gasteiger partial charge in [-0.25, -0.2) is 0 Å². The highest BCUT2D eigenvalue weighted by Gasteiger charge is 2.12. The van der Waals surface area contributed by atoms with Crippen LogP contribution in [0.3, 0.4) is 0 Å². The van der Waals surface area contributed by atoms with Gasteiger partial charge in [0.25, 0.3) is 5.69 Å². The van der Waals surface area contributed by atoms with Crippen molar-refractivity contribution >= 4 is 11.4 Å². The monoisotopic (exact) mass is 253 g/mol. The minimum absolute atomic E-state index is 0.0484. The van der Waals surface area contributed by atoms with E-state index < -0.39 is 4.92 Å². The molecule has 18 heavy (non-hydrogen) atoms. The number of hydrogen-bond donors (Lipinski definition) is 1. The van der Waals surface area contributed by atoms with Crippen LogP contribution in [0.4, 0.5) is 11.4 Å². The van der Waals surface area contributed by atoms with E-state index in [0.29, 0.717) is 12.4 Å². The maximum absolute atomic E-state index is 10.9. The third kappa shape index (κ3) is 3.89. The van der Waals surface area contributed by atoms with E-state index in [1.165, 1.54) is 6.07 Å². The molecule has 1 rings (SSSR count). The van der Waals surface area contributed by atoms with E-state index in [4.69, 9.17) is 4.74 Å². The van der Waals surface area contributed by atoms with Crippen molar-refractivity contribution in [3.8, 4) is 5.75 Å². The van der Waals surface area contributed by atoms with E-state index in [1.54, 1.807) is 6.07 Å². The molecule has 100 valence electrons. The summed E-state index contributed by atoms with van der Waals surface area (Å²) < 4.78 is 5.35. The first-order valence-corrected chi connectivity index (χ1v) is 5.86. The van der Waals surface area contributed by atoms with Crippen molar-refractivity contribution in [1.29, 1.82) is 0 Å². The molecule has 0 bridgehead atoms. The molecule has 0 fully saturated rings. The zero-order valence-electron chi connectivity index (χ0n) is 11.0. The number of rotatable bonds is 7. The molecule has 0 amide bonds. The van der Waals surface area contributed by atoms with Crippen molar-refractivity contribution in [2.24, 2.45) is 0 Å². The Morgan fingerprint density at radius 3 is 2.72 bits per heavy atom. The normalized spacial score (nSPS) is 10.2. The number of nitro benzene ring substituents is 1. The topological polar surface area (TPSA) is 67.6 Å². The van der Waals surface area contributed by atoms with E-state index in [9.17, 15) is 10.1 Å². The number of benzene rings is 1. The highest BCUT2D eigenvalue weighted by Crippen LogP contribution is 2.27. The SMILES string of the molecule is CCOc1cc(N(C)CCNC)cc([N+](=O)[O-])c1. The number of likely N-dealkylation sites (N-methyl/N-ethyl adjacent to an activating group) is 2. The van der Waals surface area contributed by atoms with Gasteiger partial charge < -0.3 is 15.0 Å². The van der Waals surface area contributed by atoms with Crippen molar-refractivity contribution in [3.05, 3.63) is 28.3 Å². The fourth-order valence-corrected chi connectivity index (χ4v) is 1.55. The van der Waals surface area contributed by atoms with Crippen LogP contribution in [-0.2, 0) is 0 Å². The predicted molar refractivity (Wildman–Crippen MR) is 71.5 cm³/mol. The second kappa shape index (κ2) is 6.80. The molecule has 0 heterocycles.